The molecule has 0 aliphatic carbocycles. The van der Waals surface area contributed by atoms with E-state index in [4.69, 9.17) is 9.72 Å². The fourth-order valence-electron chi connectivity index (χ4n) is 8.13. The van der Waals surface area contributed by atoms with Gasteiger partial charge < -0.3 is 14.6 Å². The van der Waals surface area contributed by atoms with Crippen LogP contribution in [-0.2, 0) is 42.7 Å². The van der Waals surface area contributed by atoms with Crippen molar-refractivity contribution in [1.29, 1.82) is 0 Å². The third kappa shape index (κ3) is 7.93. The SMILES string of the molecule is Cc1ccnc(-c2[c-]c(Oc3[c-]c(C4(c5ccccn5)c5cc(C(C)(C)C)ccc5N(c5ccc(C(C)(C)C)cc5)c5ccc(C(C)(C)C)cc54)ccc3)ccc2)c1.[Pt+2]. The average molecular weight is 955 g/mol. The number of hydrogen-bond donors (Lipinski definition) is 0. The van der Waals surface area contributed by atoms with E-state index in [1.54, 1.807) is 0 Å². The van der Waals surface area contributed by atoms with Crippen molar-refractivity contribution in [2.24, 2.45) is 0 Å². The van der Waals surface area contributed by atoms with Crippen molar-refractivity contribution in [3.8, 4) is 22.8 Å². The van der Waals surface area contributed by atoms with E-state index in [0.717, 1.165) is 56.3 Å². The summed E-state index contributed by atoms with van der Waals surface area (Å²) in [5.41, 5.74) is 13.1. The van der Waals surface area contributed by atoms with Gasteiger partial charge in [0.25, 0.3) is 0 Å². The number of hydrogen-bond acceptors (Lipinski definition) is 4. The first-order valence-electron chi connectivity index (χ1n) is 20.3. The second kappa shape index (κ2) is 15.7. The Morgan fingerprint density at radius 2 is 1.12 bits per heavy atom. The third-order valence-corrected chi connectivity index (χ3v) is 11.4. The normalized spacial score (nSPS) is 13.6. The van der Waals surface area contributed by atoms with Crippen LogP contribution < -0.4 is 9.64 Å². The van der Waals surface area contributed by atoms with Gasteiger partial charge in [-0.1, -0.05) is 122 Å². The van der Waals surface area contributed by atoms with Gasteiger partial charge in [-0.05, 0) is 99.1 Å². The summed E-state index contributed by atoms with van der Waals surface area (Å²) < 4.78 is 6.67. The van der Waals surface area contributed by atoms with Crippen molar-refractivity contribution in [3.63, 3.8) is 0 Å². The molecule has 1 aliphatic heterocycles. The number of aromatic nitrogens is 2. The predicted molar refractivity (Wildman–Crippen MR) is 239 cm³/mol. The zero-order valence-electron chi connectivity index (χ0n) is 35.8. The first-order chi connectivity index (χ1) is 27.5. The average Bonchev–Trinajstić information content (AvgIpc) is 3.19. The second-order valence-corrected chi connectivity index (χ2v) is 18.7. The van der Waals surface area contributed by atoms with E-state index in [0.29, 0.717) is 11.5 Å². The molecule has 3 heterocycles. The molecule has 0 fully saturated rings. The van der Waals surface area contributed by atoms with Crippen LogP contribution in [0.2, 0.25) is 0 Å². The molecule has 7 aromatic rings. The van der Waals surface area contributed by atoms with Gasteiger partial charge in [-0.2, -0.15) is 12.1 Å². The summed E-state index contributed by atoms with van der Waals surface area (Å²) in [6.45, 7) is 22.6. The molecular weight excluding hydrogens is 902 g/mol. The quantitative estimate of drug-likeness (QED) is 0.156. The number of fused-ring (bicyclic) bond motifs is 2. The van der Waals surface area contributed by atoms with Crippen LogP contribution >= 0.6 is 0 Å². The Labute approximate surface area is 366 Å². The molecule has 0 bridgehead atoms. The van der Waals surface area contributed by atoms with E-state index < -0.39 is 5.41 Å². The molecule has 0 amide bonds. The molecule has 0 N–H and O–H groups in total. The topological polar surface area (TPSA) is 38.3 Å². The number of aryl methyl sites for hydroxylation is 1. The van der Waals surface area contributed by atoms with Gasteiger partial charge in [0, 0.05) is 29.6 Å². The Kier molecular flexibility index (Phi) is 11.1. The van der Waals surface area contributed by atoms with E-state index in [2.05, 4.69) is 182 Å². The molecule has 5 heteroatoms. The summed E-state index contributed by atoms with van der Waals surface area (Å²) in [5.74, 6) is 1.20. The molecule has 0 radical (unpaired) electrons. The van der Waals surface area contributed by atoms with Crippen LogP contribution in [0.3, 0.4) is 0 Å². The molecule has 0 spiro atoms. The maximum atomic E-state index is 6.67. The number of ether oxygens (including phenoxy) is 1. The van der Waals surface area contributed by atoms with Gasteiger partial charge in [0.15, 0.2) is 0 Å². The smallest absolute Gasteiger partial charge is 0.503 e. The minimum absolute atomic E-state index is 0. The molecule has 0 saturated carbocycles. The minimum Gasteiger partial charge on any atom is -0.503 e. The summed E-state index contributed by atoms with van der Waals surface area (Å²) in [6.07, 6.45) is 3.74. The predicted octanol–water partition coefficient (Wildman–Crippen LogP) is 13.9. The van der Waals surface area contributed by atoms with Gasteiger partial charge in [-0.15, -0.1) is 41.5 Å². The van der Waals surface area contributed by atoms with Gasteiger partial charge in [0.05, 0.1) is 22.5 Å². The zero-order valence-corrected chi connectivity index (χ0v) is 38.1. The minimum atomic E-state index is -0.868. The maximum Gasteiger partial charge on any atom is 2.00 e. The van der Waals surface area contributed by atoms with Crippen LogP contribution in [-0.4, -0.2) is 9.97 Å². The van der Waals surface area contributed by atoms with E-state index >= 15 is 0 Å². The van der Waals surface area contributed by atoms with E-state index in [9.17, 15) is 0 Å². The van der Waals surface area contributed by atoms with Gasteiger partial charge >= 0.3 is 21.1 Å². The van der Waals surface area contributed by atoms with Crippen molar-refractivity contribution >= 4 is 17.1 Å². The third-order valence-electron chi connectivity index (χ3n) is 11.4. The standard InChI is InChI=1S/C54H53N3O.Pt/c1-36-28-30-55-47(31-36)37-15-13-17-43(32-37)58-44-18-14-16-41(33-44)54(50-19-11-12-29-56-50)45-34-39(52(5,6)7)22-26-48(45)57(42-24-20-38(21-25-42)51(2,3)4)49-27-23-40(35-46(49)54)53(8,9)10;/h11-31,34-35H,1-10H3;/q-2;+2. The molecule has 4 nitrogen and oxygen atoms in total. The van der Waals surface area contributed by atoms with Crippen molar-refractivity contribution in [2.75, 3.05) is 4.90 Å². The zero-order chi connectivity index (χ0) is 41.0. The summed E-state index contributed by atoms with van der Waals surface area (Å²) in [5, 5.41) is 0. The summed E-state index contributed by atoms with van der Waals surface area (Å²) in [4.78, 5) is 12.3. The van der Waals surface area contributed by atoms with Crippen LogP contribution in [0.1, 0.15) is 107 Å². The Balaban J connectivity index is 0.00000528. The Morgan fingerprint density at radius 1 is 0.542 bits per heavy atom. The first-order valence-corrected chi connectivity index (χ1v) is 20.3. The van der Waals surface area contributed by atoms with E-state index in [1.165, 1.54) is 16.7 Å². The molecule has 8 rings (SSSR count). The number of nitrogens with zero attached hydrogens (tertiary/aromatic N) is 3. The van der Waals surface area contributed by atoms with Crippen LogP contribution in [0.5, 0.6) is 11.5 Å². The van der Waals surface area contributed by atoms with Crippen molar-refractivity contribution in [2.45, 2.75) is 90.9 Å². The van der Waals surface area contributed by atoms with Crippen LogP contribution in [0, 0.1) is 19.1 Å². The summed E-state index contributed by atoms with van der Waals surface area (Å²) in [6, 6.07) is 53.0. The maximum absolute atomic E-state index is 6.67. The van der Waals surface area contributed by atoms with Crippen molar-refractivity contribution in [1.82, 2.24) is 9.97 Å². The first kappa shape index (κ1) is 41.8. The molecule has 2 aromatic heterocycles. The number of rotatable bonds is 6. The molecule has 5 aromatic carbocycles. The fraction of sp³-hybridized carbons (Fsp3) is 0.259. The Morgan fingerprint density at radius 3 is 1.68 bits per heavy atom. The van der Waals surface area contributed by atoms with Gasteiger partial charge in [-0.25, -0.2) is 0 Å². The number of pyridine rings is 2. The number of benzene rings is 5. The van der Waals surface area contributed by atoms with Crippen LogP contribution in [0.25, 0.3) is 11.3 Å². The summed E-state index contributed by atoms with van der Waals surface area (Å²) in [7, 11) is 0. The second-order valence-electron chi connectivity index (χ2n) is 18.7. The van der Waals surface area contributed by atoms with Crippen molar-refractivity contribution in [3.05, 3.63) is 197 Å². The Hall–Kier alpha value is -5.31. The molecule has 0 atom stereocenters. The molecule has 0 saturated heterocycles. The van der Waals surface area contributed by atoms with Crippen LogP contribution in [0.4, 0.5) is 17.1 Å². The van der Waals surface area contributed by atoms with Gasteiger partial charge in [0.2, 0.25) is 0 Å². The molecular formula is C54H53N3OPt. The van der Waals surface area contributed by atoms with Crippen molar-refractivity contribution < 1.29 is 25.8 Å². The van der Waals surface area contributed by atoms with Gasteiger partial charge in [0.1, 0.15) is 0 Å². The molecule has 1 aliphatic rings. The molecule has 0 unspecified atom stereocenters. The largest absolute Gasteiger partial charge is 2.00 e. The van der Waals surface area contributed by atoms with E-state index in [-0.39, 0.29) is 37.3 Å². The molecule has 300 valence electrons. The summed E-state index contributed by atoms with van der Waals surface area (Å²) >= 11 is 0. The van der Waals surface area contributed by atoms with Gasteiger partial charge in [-0.3, -0.25) is 4.98 Å². The fourth-order valence-corrected chi connectivity index (χ4v) is 8.13. The van der Waals surface area contributed by atoms with E-state index in [1.807, 2.05) is 48.8 Å². The molecule has 59 heavy (non-hydrogen) atoms. The Bertz CT molecular complexity index is 2540. The monoisotopic (exact) mass is 954 g/mol. The van der Waals surface area contributed by atoms with Crippen LogP contribution in [0.15, 0.2) is 140 Å². The number of anilines is 3.